The minimum Gasteiger partial charge on any atom is -0.508 e. The molecule has 0 unspecified atom stereocenters. The SMILES string of the molecule is CCCCCCCCCCCCCCCCOC(=O)c1cc(O)ccc1O[C@@H]1O[C@H](CO)[C@@H](O)[C@H](O)[C@H]1O. The predicted molar refractivity (Wildman–Crippen MR) is 143 cm³/mol. The number of hydrogen-bond acceptors (Lipinski definition) is 9. The third kappa shape index (κ3) is 11.1. The highest BCUT2D eigenvalue weighted by Crippen LogP contribution is 2.29. The summed E-state index contributed by atoms with van der Waals surface area (Å²) >= 11 is 0. The Bertz CT molecular complexity index is 785. The Hall–Kier alpha value is -1.91. The maximum atomic E-state index is 12.7. The zero-order chi connectivity index (χ0) is 27.8. The first-order valence-electron chi connectivity index (χ1n) is 14.4. The minimum absolute atomic E-state index is 0.0295. The molecule has 5 atom stereocenters. The molecule has 5 N–H and O–H groups in total. The van der Waals surface area contributed by atoms with Gasteiger partial charge in [0.2, 0.25) is 6.29 Å². The monoisotopic (exact) mass is 540 g/mol. The average molecular weight is 541 g/mol. The zero-order valence-corrected chi connectivity index (χ0v) is 22.8. The van der Waals surface area contributed by atoms with E-state index in [1.165, 1.54) is 88.8 Å². The molecule has 1 heterocycles. The van der Waals surface area contributed by atoms with Gasteiger partial charge in [0.15, 0.2) is 0 Å². The Morgan fingerprint density at radius 1 is 0.816 bits per heavy atom. The molecule has 0 amide bonds. The van der Waals surface area contributed by atoms with Crippen LogP contribution in [0.15, 0.2) is 18.2 Å². The Morgan fingerprint density at radius 2 is 1.37 bits per heavy atom. The maximum absolute atomic E-state index is 12.7. The fourth-order valence-corrected chi connectivity index (χ4v) is 4.61. The van der Waals surface area contributed by atoms with Gasteiger partial charge in [-0.15, -0.1) is 0 Å². The lowest BCUT2D eigenvalue weighted by Gasteiger charge is -2.39. The van der Waals surface area contributed by atoms with Crippen LogP contribution in [0, 0.1) is 0 Å². The molecule has 1 aromatic carbocycles. The Labute approximate surface area is 226 Å². The smallest absolute Gasteiger partial charge is 0.342 e. The summed E-state index contributed by atoms with van der Waals surface area (Å²) in [5.74, 6) is -0.900. The van der Waals surface area contributed by atoms with E-state index in [1.54, 1.807) is 0 Å². The summed E-state index contributed by atoms with van der Waals surface area (Å²) in [7, 11) is 0. The number of aliphatic hydroxyl groups excluding tert-OH is 4. The van der Waals surface area contributed by atoms with Gasteiger partial charge < -0.3 is 39.7 Å². The van der Waals surface area contributed by atoms with Gasteiger partial charge in [0.25, 0.3) is 0 Å². The summed E-state index contributed by atoms with van der Waals surface area (Å²) in [6, 6.07) is 3.80. The number of hydrogen-bond donors (Lipinski definition) is 5. The number of phenols is 1. The van der Waals surface area contributed by atoms with Crippen LogP contribution in [0.25, 0.3) is 0 Å². The molecule has 0 spiro atoms. The standard InChI is InChI=1S/C29H48O9/c1-2-3-4-5-6-7-8-9-10-11-12-13-14-15-18-36-28(35)22-19-21(31)16-17-23(22)37-29-27(34)26(33)25(32)24(20-30)38-29/h16-17,19,24-27,29-34H,2-15,18,20H2,1H3/t24-,25-,26+,27-,29-/m1/s1. The number of phenolic OH excluding ortho intramolecular Hbond substituents is 1. The van der Waals surface area contributed by atoms with E-state index in [0.717, 1.165) is 19.3 Å². The highest BCUT2D eigenvalue weighted by atomic mass is 16.7. The molecule has 2 rings (SSSR count). The van der Waals surface area contributed by atoms with Gasteiger partial charge in [-0.25, -0.2) is 4.79 Å². The summed E-state index contributed by atoms with van der Waals surface area (Å²) in [5, 5.41) is 49.3. The number of carbonyl (C=O) groups excluding carboxylic acids is 1. The fourth-order valence-electron chi connectivity index (χ4n) is 4.61. The third-order valence-corrected chi connectivity index (χ3v) is 7.01. The van der Waals surface area contributed by atoms with Gasteiger partial charge in [-0.2, -0.15) is 0 Å². The van der Waals surface area contributed by atoms with Crippen molar-refractivity contribution in [2.45, 2.75) is 128 Å². The summed E-state index contributed by atoms with van der Waals surface area (Å²) in [4.78, 5) is 12.7. The van der Waals surface area contributed by atoms with Crippen LogP contribution in [-0.2, 0) is 9.47 Å². The van der Waals surface area contributed by atoms with Crippen LogP contribution in [0.5, 0.6) is 11.5 Å². The highest BCUT2D eigenvalue weighted by molar-refractivity contribution is 5.93. The molecule has 0 saturated carbocycles. The topological polar surface area (TPSA) is 146 Å². The van der Waals surface area contributed by atoms with Crippen LogP contribution in [0.3, 0.4) is 0 Å². The van der Waals surface area contributed by atoms with Crippen LogP contribution in [-0.4, -0.2) is 75.4 Å². The van der Waals surface area contributed by atoms with Gasteiger partial charge in [0.05, 0.1) is 13.2 Å². The molecule has 0 aliphatic carbocycles. The van der Waals surface area contributed by atoms with E-state index in [0.29, 0.717) is 0 Å². The molecule has 1 aliphatic heterocycles. The van der Waals surface area contributed by atoms with E-state index in [-0.39, 0.29) is 23.7 Å². The number of carbonyl (C=O) groups is 1. The van der Waals surface area contributed by atoms with Crippen LogP contribution >= 0.6 is 0 Å². The fraction of sp³-hybridized carbons (Fsp3) is 0.759. The molecule has 9 heteroatoms. The first-order valence-corrected chi connectivity index (χ1v) is 14.4. The Morgan fingerprint density at radius 3 is 1.92 bits per heavy atom. The first kappa shape index (κ1) is 32.3. The molecule has 1 aliphatic rings. The molecule has 1 fully saturated rings. The zero-order valence-electron chi connectivity index (χ0n) is 22.8. The van der Waals surface area contributed by atoms with Gasteiger partial charge in [0.1, 0.15) is 41.5 Å². The molecule has 0 aromatic heterocycles. The Balaban J connectivity index is 1.66. The number of benzene rings is 1. The quantitative estimate of drug-likeness (QED) is 0.129. The average Bonchev–Trinajstić information content (AvgIpc) is 2.91. The van der Waals surface area contributed by atoms with E-state index < -0.39 is 43.3 Å². The van der Waals surface area contributed by atoms with Crippen molar-refractivity contribution < 1.29 is 44.5 Å². The number of ether oxygens (including phenoxy) is 3. The molecule has 1 saturated heterocycles. The van der Waals surface area contributed by atoms with Crippen molar-refractivity contribution in [3.05, 3.63) is 23.8 Å². The van der Waals surface area contributed by atoms with Crippen molar-refractivity contribution in [3.63, 3.8) is 0 Å². The summed E-state index contributed by atoms with van der Waals surface area (Å²) in [5.41, 5.74) is -0.0627. The minimum atomic E-state index is -1.62. The van der Waals surface area contributed by atoms with Gasteiger partial charge in [0, 0.05) is 0 Å². The molecule has 1 aromatic rings. The molecular weight excluding hydrogens is 492 g/mol. The van der Waals surface area contributed by atoms with Gasteiger partial charge >= 0.3 is 5.97 Å². The van der Waals surface area contributed by atoms with Crippen molar-refractivity contribution >= 4 is 5.97 Å². The van der Waals surface area contributed by atoms with Crippen LogP contribution in [0.2, 0.25) is 0 Å². The lowest BCUT2D eigenvalue weighted by molar-refractivity contribution is -0.277. The normalized spacial score (nSPS) is 23.3. The van der Waals surface area contributed by atoms with Crippen molar-refractivity contribution in [2.75, 3.05) is 13.2 Å². The van der Waals surface area contributed by atoms with Crippen molar-refractivity contribution in [3.8, 4) is 11.5 Å². The number of rotatable bonds is 19. The molecule has 38 heavy (non-hydrogen) atoms. The lowest BCUT2D eigenvalue weighted by Crippen LogP contribution is -2.60. The van der Waals surface area contributed by atoms with Gasteiger partial charge in [-0.1, -0.05) is 90.4 Å². The van der Waals surface area contributed by atoms with Crippen LogP contribution in [0.4, 0.5) is 0 Å². The van der Waals surface area contributed by atoms with Crippen molar-refractivity contribution in [1.29, 1.82) is 0 Å². The molecular formula is C29H48O9. The number of aliphatic hydroxyl groups is 4. The number of esters is 1. The highest BCUT2D eigenvalue weighted by Gasteiger charge is 2.45. The second kappa shape index (κ2) is 18.4. The lowest BCUT2D eigenvalue weighted by atomic mass is 9.99. The summed E-state index contributed by atoms with van der Waals surface area (Å²) in [6.45, 7) is 1.87. The first-order chi connectivity index (χ1) is 18.4. The molecule has 9 nitrogen and oxygen atoms in total. The third-order valence-electron chi connectivity index (χ3n) is 7.01. The molecule has 0 radical (unpaired) electrons. The summed E-state index contributed by atoms with van der Waals surface area (Å²) in [6.07, 6.45) is 9.85. The van der Waals surface area contributed by atoms with Crippen LogP contribution in [0.1, 0.15) is 107 Å². The van der Waals surface area contributed by atoms with E-state index in [1.807, 2.05) is 0 Å². The molecule has 218 valence electrons. The number of unbranched alkanes of at least 4 members (excludes halogenated alkanes) is 13. The second-order valence-electron chi connectivity index (χ2n) is 10.2. The second-order valence-corrected chi connectivity index (χ2v) is 10.2. The van der Waals surface area contributed by atoms with Gasteiger partial charge in [-0.05, 0) is 24.6 Å². The van der Waals surface area contributed by atoms with Crippen molar-refractivity contribution in [1.82, 2.24) is 0 Å². The molecule has 0 bridgehead atoms. The Kier molecular flexibility index (Phi) is 15.6. The van der Waals surface area contributed by atoms with Crippen molar-refractivity contribution in [2.24, 2.45) is 0 Å². The number of aromatic hydroxyl groups is 1. The maximum Gasteiger partial charge on any atom is 0.342 e. The predicted octanol–water partition coefficient (Wildman–Crippen LogP) is 4.21. The van der Waals surface area contributed by atoms with E-state index in [2.05, 4.69) is 6.92 Å². The van der Waals surface area contributed by atoms with E-state index in [4.69, 9.17) is 14.2 Å². The summed E-state index contributed by atoms with van der Waals surface area (Å²) < 4.78 is 16.3. The van der Waals surface area contributed by atoms with Crippen LogP contribution < -0.4 is 4.74 Å². The van der Waals surface area contributed by atoms with Gasteiger partial charge in [-0.3, -0.25) is 0 Å². The van der Waals surface area contributed by atoms with E-state index in [9.17, 15) is 30.3 Å². The van der Waals surface area contributed by atoms with E-state index >= 15 is 0 Å². The largest absolute Gasteiger partial charge is 0.508 e.